The highest BCUT2D eigenvalue weighted by atomic mass is 16.6. The smallest absolute Gasteiger partial charge is 0.273 e. The Labute approximate surface area is 149 Å². The number of hydrogen-bond donors (Lipinski definition) is 0. The van der Waals surface area contributed by atoms with Crippen LogP contribution < -0.4 is 4.74 Å². The normalized spacial score (nSPS) is 12.2. The first-order valence-corrected chi connectivity index (χ1v) is 7.94. The Morgan fingerprint density at radius 3 is 2.35 bits per heavy atom. The molecule has 3 aromatic rings. The van der Waals surface area contributed by atoms with Crippen molar-refractivity contribution in [2.24, 2.45) is 10.2 Å². The summed E-state index contributed by atoms with van der Waals surface area (Å²) < 4.78 is 5.87. The number of nitro groups is 1. The monoisotopic (exact) mass is 343 g/mol. The molecule has 126 valence electrons. The van der Waals surface area contributed by atoms with Gasteiger partial charge in [-0.25, -0.2) is 0 Å². The predicted octanol–water partition coefficient (Wildman–Crippen LogP) is 6.29. The number of benzene rings is 3. The molecule has 6 nitrogen and oxygen atoms in total. The number of hydrogen-bond acceptors (Lipinski definition) is 5. The van der Waals surface area contributed by atoms with Gasteiger partial charge in [-0.2, -0.15) is 10.2 Å². The molecule has 0 aliphatic carbocycles. The quantitative estimate of drug-likeness (QED) is 0.249. The molecule has 6 heteroatoms. The molecule has 4 rings (SSSR count). The summed E-state index contributed by atoms with van der Waals surface area (Å²) >= 11 is 0. The number of azo groups is 1. The van der Waals surface area contributed by atoms with Gasteiger partial charge in [0, 0.05) is 17.2 Å². The Hall–Kier alpha value is -3.80. The summed E-state index contributed by atoms with van der Waals surface area (Å²) in [4.78, 5) is 10.5. The molecule has 0 radical (unpaired) electrons. The van der Waals surface area contributed by atoms with Crippen molar-refractivity contribution in [1.29, 1.82) is 0 Å². The van der Waals surface area contributed by atoms with E-state index >= 15 is 0 Å². The van der Waals surface area contributed by atoms with Gasteiger partial charge in [0.1, 0.15) is 11.5 Å². The largest absolute Gasteiger partial charge is 0.456 e. The first-order valence-electron chi connectivity index (χ1n) is 7.94. The molecule has 0 aromatic heterocycles. The van der Waals surface area contributed by atoms with Gasteiger partial charge in [0.15, 0.2) is 0 Å². The fourth-order valence-corrected chi connectivity index (χ4v) is 2.59. The number of ether oxygens (including phenoxy) is 1. The number of non-ortho nitro benzene ring substituents is 1. The van der Waals surface area contributed by atoms with Crippen molar-refractivity contribution >= 4 is 29.2 Å². The lowest BCUT2D eigenvalue weighted by Gasteiger charge is -2.08. The highest BCUT2D eigenvalue weighted by Crippen LogP contribution is 2.37. The van der Waals surface area contributed by atoms with Crippen LogP contribution in [-0.4, -0.2) is 4.92 Å². The van der Waals surface area contributed by atoms with E-state index in [2.05, 4.69) is 10.2 Å². The van der Waals surface area contributed by atoms with Gasteiger partial charge >= 0.3 is 0 Å². The van der Waals surface area contributed by atoms with Gasteiger partial charge in [-0.3, -0.25) is 10.1 Å². The lowest BCUT2D eigenvalue weighted by molar-refractivity contribution is -0.384. The molecule has 0 unspecified atom stereocenters. The zero-order valence-electron chi connectivity index (χ0n) is 13.6. The van der Waals surface area contributed by atoms with Crippen LogP contribution >= 0.6 is 0 Å². The molecule has 0 N–H and O–H groups in total. The highest BCUT2D eigenvalue weighted by molar-refractivity contribution is 5.79. The SMILES string of the molecule is O=[N+]([O-])c1ccc2c(c1)Oc1ccc(N=Nc3ccccc3)cc1C=C2. The number of fused-ring (bicyclic) bond motifs is 2. The molecule has 3 aromatic carbocycles. The molecule has 0 saturated carbocycles. The first kappa shape index (κ1) is 15.7. The molecule has 0 saturated heterocycles. The van der Waals surface area contributed by atoms with E-state index in [4.69, 9.17) is 4.74 Å². The van der Waals surface area contributed by atoms with Gasteiger partial charge in [-0.1, -0.05) is 30.4 Å². The average molecular weight is 343 g/mol. The van der Waals surface area contributed by atoms with E-state index in [-0.39, 0.29) is 5.69 Å². The van der Waals surface area contributed by atoms with Crippen LogP contribution in [0.3, 0.4) is 0 Å². The molecule has 0 bridgehead atoms. The fourth-order valence-electron chi connectivity index (χ4n) is 2.59. The van der Waals surface area contributed by atoms with Crippen LogP contribution in [0.4, 0.5) is 17.1 Å². The van der Waals surface area contributed by atoms with Gasteiger partial charge in [0.25, 0.3) is 5.69 Å². The zero-order chi connectivity index (χ0) is 17.9. The topological polar surface area (TPSA) is 77.1 Å². The van der Waals surface area contributed by atoms with E-state index < -0.39 is 4.92 Å². The van der Waals surface area contributed by atoms with Crippen molar-refractivity contribution in [3.8, 4) is 11.5 Å². The summed E-state index contributed by atoms with van der Waals surface area (Å²) in [5.74, 6) is 1.06. The maximum absolute atomic E-state index is 11.0. The minimum atomic E-state index is -0.438. The van der Waals surface area contributed by atoms with Crippen molar-refractivity contribution in [1.82, 2.24) is 0 Å². The minimum absolute atomic E-state index is 0.00567. The second-order valence-electron chi connectivity index (χ2n) is 5.67. The molecule has 1 heterocycles. The summed E-state index contributed by atoms with van der Waals surface area (Å²) in [6, 6.07) is 19.5. The van der Waals surface area contributed by atoms with E-state index in [0.29, 0.717) is 17.2 Å². The second kappa shape index (κ2) is 6.60. The van der Waals surface area contributed by atoms with Gasteiger partial charge in [0.05, 0.1) is 22.4 Å². The van der Waals surface area contributed by atoms with Gasteiger partial charge in [0.2, 0.25) is 0 Å². The van der Waals surface area contributed by atoms with Crippen molar-refractivity contribution in [2.45, 2.75) is 0 Å². The summed E-state index contributed by atoms with van der Waals surface area (Å²) in [6.45, 7) is 0. The Balaban J connectivity index is 1.65. The molecule has 1 aliphatic heterocycles. The summed E-state index contributed by atoms with van der Waals surface area (Å²) in [5, 5.41) is 19.4. The molecule has 0 spiro atoms. The summed E-state index contributed by atoms with van der Waals surface area (Å²) in [7, 11) is 0. The van der Waals surface area contributed by atoms with E-state index in [1.807, 2.05) is 48.6 Å². The first-order chi connectivity index (χ1) is 12.7. The minimum Gasteiger partial charge on any atom is -0.456 e. The number of rotatable bonds is 3. The van der Waals surface area contributed by atoms with Gasteiger partial charge in [-0.05, 0) is 36.4 Å². The second-order valence-corrected chi connectivity index (χ2v) is 5.67. The summed E-state index contributed by atoms with van der Waals surface area (Å²) in [6.07, 6.45) is 3.76. The van der Waals surface area contributed by atoms with Crippen LogP contribution in [0.25, 0.3) is 12.2 Å². The Kier molecular flexibility index (Phi) is 3.99. The van der Waals surface area contributed by atoms with Crippen LogP contribution in [0.5, 0.6) is 11.5 Å². The third-order valence-corrected chi connectivity index (χ3v) is 3.90. The van der Waals surface area contributed by atoms with Crippen LogP contribution in [0.15, 0.2) is 77.0 Å². The van der Waals surface area contributed by atoms with E-state index in [1.165, 1.54) is 12.1 Å². The Morgan fingerprint density at radius 2 is 1.54 bits per heavy atom. The molecule has 0 fully saturated rings. The van der Waals surface area contributed by atoms with E-state index in [0.717, 1.165) is 16.8 Å². The predicted molar refractivity (Wildman–Crippen MR) is 99.2 cm³/mol. The Bertz CT molecular complexity index is 1040. The van der Waals surface area contributed by atoms with Gasteiger partial charge < -0.3 is 4.74 Å². The van der Waals surface area contributed by atoms with Crippen LogP contribution in [-0.2, 0) is 0 Å². The Morgan fingerprint density at radius 1 is 0.769 bits per heavy atom. The van der Waals surface area contributed by atoms with Crippen LogP contribution in [0.2, 0.25) is 0 Å². The van der Waals surface area contributed by atoms with Crippen molar-refractivity contribution in [3.63, 3.8) is 0 Å². The van der Waals surface area contributed by atoms with E-state index in [9.17, 15) is 10.1 Å². The van der Waals surface area contributed by atoms with Gasteiger partial charge in [-0.15, -0.1) is 0 Å². The molecular formula is C20H13N3O3. The molecule has 26 heavy (non-hydrogen) atoms. The molecule has 1 aliphatic rings. The number of nitrogens with zero attached hydrogens (tertiary/aromatic N) is 3. The third-order valence-electron chi connectivity index (χ3n) is 3.90. The van der Waals surface area contributed by atoms with Crippen molar-refractivity contribution in [2.75, 3.05) is 0 Å². The third kappa shape index (κ3) is 3.21. The standard InChI is InChI=1S/C20H13N3O3/c24-23(25)18-10-8-14-6-7-15-12-17(9-11-19(15)26-20(14)13-18)22-21-16-4-2-1-3-5-16/h1-13H. The lowest BCUT2D eigenvalue weighted by atomic mass is 10.1. The summed E-state index contributed by atoms with van der Waals surface area (Å²) in [5.41, 5.74) is 3.06. The van der Waals surface area contributed by atoms with Crippen molar-refractivity contribution in [3.05, 3.63) is 88.0 Å². The molecule has 0 amide bonds. The van der Waals surface area contributed by atoms with Crippen molar-refractivity contribution < 1.29 is 9.66 Å². The maximum atomic E-state index is 11.0. The average Bonchev–Trinajstić information content (AvgIpc) is 2.85. The maximum Gasteiger partial charge on any atom is 0.273 e. The molecule has 0 atom stereocenters. The van der Waals surface area contributed by atoms with E-state index in [1.54, 1.807) is 18.2 Å². The highest BCUT2D eigenvalue weighted by Gasteiger charge is 2.15. The van der Waals surface area contributed by atoms with Crippen LogP contribution in [0, 0.1) is 10.1 Å². The van der Waals surface area contributed by atoms with Crippen LogP contribution in [0.1, 0.15) is 11.1 Å². The number of nitro benzene ring substituents is 1. The zero-order valence-corrected chi connectivity index (χ0v) is 13.6. The molecular weight excluding hydrogens is 330 g/mol. The lowest BCUT2D eigenvalue weighted by Crippen LogP contribution is -1.91. The fraction of sp³-hybridized carbons (Fsp3) is 0.